The molecule has 0 rings (SSSR count). The van der Waals surface area contributed by atoms with Crippen molar-refractivity contribution >= 4 is 146 Å². The van der Waals surface area contributed by atoms with Gasteiger partial charge in [0.05, 0.1) is 42.7 Å². The number of hydrogen-bond acceptors (Lipinski definition) is 24. The third kappa shape index (κ3) is 321. The average Bonchev–Trinajstić information content (AvgIpc) is 3.46. The maximum Gasteiger partial charge on any atom is 0.408 e. The minimum atomic E-state index is -0.319. The lowest BCUT2D eigenvalue weighted by Crippen LogP contribution is -2.33. The van der Waals surface area contributed by atoms with Crippen molar-refractivity contribution in [3.05, 3.63) is 0 Å². The van der Waals surface area contributed by atoms with Crippen LogP contribution in [0.2, 0.25) is 0 Å². The molecule has 706 valence electrons. The van der Waals surface area contributed by atoms with Gasteiger partial charge in [-0.3, -0.25) is 28.8 Å². The predicted molar refractivity (Wildman–Crippen MR) is 524 cm³/mol. The summed E-state index contributed by atoms with van der Waals surface area (Å²) >= 11 is 18.5. The highest BCUT2D eigenvalue weighted by Crippen LogP contribution is 1.98. The third-order valence-electron chi connectivity index (χ3n) is 6.60. The molecule has 0 heterocycles. The van der Waals surface area contributed by atoms with E-state index >= 15 is 0 Å². The molecule has 0 atom stereocenters. The first-order valence-corrected chi connectivity index (χ1v) is 32.3. The van der Waals surface area contributed by atoms with Crippen molar-refractivity contribution in [1.29, 1.82) is 0 Å². The van der Waals surface area contributed by atoms with Crippen molar-refractivity contribution in [2.24, 2.45) is 0 Å². The Hall–Kier alpha value is -5.66. The zero-order valence-electron chi connectivity index (χ0n) is 66.7. The number of rotatable bonds is 0. The van der Waals surface area contributed by atoms with Gasteiger partial charge in [-0.2, -0.15) is 11.8 Å². The second-order valence-corrected chi connectivity index (χ2v) is 23.0. The van der Waals surface area contributed by atoms with Gasteiger partial charge in [0.15, 0.2) is 5.11 Å². The molecule has 0 N–H and O–H groups in total. The summed E-state index contributed by atoms with van der Waals surface area (Å²) in [6.45, 7) is 8.83. The smallest absolute Gasteiger partial charge is 0.408 e. The normalized spacial score (nSPS) is 6.61. The van der Waals surface area contributed by atoms with E-state index in [9.17, 15) is 47.9 Å². The second kappa shape index (κ2) is 164. The van der Waals surface area contributed by atoms with Gasteiger partial charge in [0.2, 0.25) is 11.8 Å². The van der Waals surface area contributed by atoms with Crippen LogP contribution in [0.1, 0.15) is 168 Å². The maximum absolute atomic E-state index is 10.7. The van der Waals surface area contributed by atoms with Crippen LogP contribution in [-0.2, 0) is 57.1 Å². The molecule has 0 aromatic heterocycles. The summed E-state index contributed by atoms with van der Waals surface area (Å²) in [4.78, 5) is 122. The van der Waals surface area contributed by atoms with Crippen LogP contribution in [0.5, 0.6) is 0 Å². The van der Waals surface area contributed by atoms with E-state index < -0.39 is 0 Å². The highest BCUT2D eigenvalue weighted by molar-refractivity contribution is 8.13. The van der Waals surface area contributed by atoms with Crippen molar-refractivity contribution < 1.29 is 81.1 Å². The highest BCUT2D eigenvalue weighted by Gasteiger charge is 2.03. The van der Waals surface area contributed by atoms with Gasteiger partial charge in [-0.05, 0) is 96.7 Å². The molecule has 0 aliphatic rings. The van der Waals surface area contributed by atoms with E-state index in [0.717, 1.165) is 5.11 Å². The molecule has 0 radical (unpaired) electrons. The fraction of sp³-hybridized carbons (Fsp3) is 0.827. The van der Waals surface area contributed by atoms with Crippen LogP contribution in [-0.4, -0.2) is 410 Å². The van der Waals surface area contributed by atoms with Gasteiger partial charge in [-0.1, -0.05) is 150 Å². The fourth-order valence-corrected chi connectivity index (χ4v) is 2.63. The van der Waals surface area contributed by atoms with Gasteiger partial charge in [-0.25, -0.2) is 14.4 Å². The van der Waals surface area contributed by atoms with Crippen LogP contribution >= 0.6 is 71.9 Å². The summed E-state index contributed by atoms with van der Waals surface area (Å²) in [5, 5.41) is 2.07. The summed E-state index contributed by atoms with van der Waals surface area (Å²) in [6, 6.07) is 0.0185. The number of carbonyl (C=O) groups excluding carboxylic acids is 10. The van der Waals surface area contributed by atoms with Crippen LogP contribution in [0, 0.1) is 0 Å². The quantitative estimate of drug-likeness (QED) is 0.124. The molecule has 0 saturated heterocycles. The Morgan fingerprint density at radius 1 is 0.252 bits per heavy atom. The molecule has 36 heteroatoms. The van der Waals surface area contributed by atoms with Gasteiger partial charge in [0.25, 0.3) is 20.8 Å². The van der Waals surface area contributed by atoms with E-state index in [2.05, 4.69) is 57.6 Å². The summed E-state index contributed by atoms with van der Waals surface area (Å²) < 4.78 is 30.4. The molecular formula is C75H203N13O17S6. The van der Waals surface area contributed by atoms with Gasteiger partial charge in [-0.15, -0.1) is 0 Å². The molecule has 111 heavy (non-hydrogen) atoms. The SMILES string of the molecule is C.C.C.C.C.C.C.C.C.C.C.C.C.C.C.C.C.CC(=O)N(C)C.CC(=O)N(C)C.CC(C)=O.CN(C)C.CN(C)C(=O)N(C)C.CN(C)C(=S)N(C)C.COC.COC(=O)N(C)C.COC(=O)N(C)C.COC(=S)N(C)C.COC(=S)N(C)C.COC(C)=O.COC(C)=O.CSC.CSC(=O)N(C)C.CSC(=O)N(C)C. The molecule has 30 nitrogen and oxygen atoms in total. The van der Waals surface area contributed by atoms with Crippen molar-refractivity contribution in [3.63, 3.8) is 0 Å². The molecule has 0 fully saturated rings. The van der Waals surface area contributed by atoms with Crippen molar-refractivity contribution in [3.8, 4) is 0 Å². The minimum absolute atomic E-state index is 0. The lowest BCUT2D eigenvalue weighted by atomic mass is 10.6. The van der Waals surface area contributed by atoms with Crippen LogP contribution in [0.3, 0.4) is 0 Å². The Morgan fingerprint density at radius 3 is 0.387 bits per heavy atom. The van der Waals surface area contributed by atoms with E-state index in [0.29, 0.717) is 10.3 Å². The van der Waals surface area contributed by atoms with E-state index in [1.165, 1.54) is 123 Å². The number of esters is 2. The molecule has 0 spiro atoms. The van der Waals surface area contributed by atoms with Crippen molar-refractivity contribution in [2.45, 2.75) is 168 Å². The third-order valence-corrected chi connectivity index (χ3v) is 9.83. The van der Waals surface area contributed by atoms with Crippen molar-refractivity contribution in [1.82, 2.24) is 63.7 Å². The number of Topliss-reactive ketones (excluding diaryl/α,β-unsaturated/α-hetero) is 1. The van der Waals surface area contributed by atoms with Gasteiger partial charge in [0, 0.05) is 211 Å². The number of thioether (sulfide) groups is 3. The maximum atomic E-state index is 10.7. The van der Waals surface area contributed by atoms with E-state index in [1.54, 1.807) is 185 Å². The molecular weight excluding hydrogens is 1550 g/mol. The number of carbonyl (C=O) groups is 10. The fourth-order valence-electron chi connectivity index (χ4n) is 1.90. The number of nitrogens with zero attached hydrogens (tertiary/aromatic N) is 13. The lowest BCUT2D eigenvalue weighted by Gasteiger charge is -2.20. The number of ketones is 1. The Balaban J connectivity index is -0.0000000188. The first kappa shape index (κ1) is 219. The monoisotopic (exact) mass is 1750 g/mol. The Labute approximate surface area is 726 Å². The van der Waals surface area contributed by atoms with Gasteiger partial charge >= 0.3 is 30.2 Å². The van der Waals surface area contributed by atoms with Crippen molar-refractivity contribution in [2.75, 3.05) is 272 Å². The van der Waals surface area contributed by atoms with Crippen LogP contribution in [0.25, 0.3) is 0 Å². The summed E-state index contributed by atoms with van der Waals surface area (Å²) in [7, 11) is 60.1. The standard InChI is InChI=1S/C5H12N2O.C5H12N2S.2C4H9NO2.4C4H9NOS.2C4H9NO.C3H9N.2C3H6O2.C3H6O.C2H6O.C2H6S.17CH4/c2*1-6(2)5(8)7(3)4;4*1-5(2)4(6)7-3;2*1-5(2)4(7)6-3;2*1-4(6)5(2)3;1-4(2)3;2*1-3(4)5-2;1-3(2)4;2*1-3-2;;;;;;;;;;;;;;;;;/h2*1-4H3;6*1-3H3;2*1-3H3;1-3H3;2*1-2H3;1-2H3;2*1-2H3;17*1H4. The second-order valence-electron chi connectivity index (χ2n) is 19.6. The topological polar surface area (TPSA) is 277 Å². The number of thiocarbonyl (C=S) groups is 3. The summed E-state index contributed by atoms with van der Waals surface area (Å²) in [5.41, 5.74) is 0. The predicted octanol–water partition coefficient (Wildman–Crippen LogP) is 17.6. The molecule has 0 aliphatic heterocycles. The van der Waals surface area contributed by atoms with Crippen LogP contribution < -0.4 is 0 Å². The Morgan fingerprint density at radius 2 is 0.387 bits per heavy atom. The van der Waals surface area contributed by atoms with E-state index in [-0.39, 0.29) is 184 Å². The summed E-state index contributed by atoms with van der Waals surface area (Å²) in [5.74, 6) is -0.139. The number of hydrogen-bond donors (Lipinski definition) is 0. The van der Waals surface area contributed by atoms with Crippen LogP contribution in [0.15, 0.2) is 0 Å². The summed E-state index contributed by atoms with van der Waals surface area (Å²) in [6.07, 6.45) is 6.98. The molecule has 0 aliphatic carbocycles. The van der Waals surface area contributed by atoms with Crippen LogP contribution in [0.4, 0.5) is 24.0 Å². The molecule has 0 unspecified atom stereocenters. The van der Waals surface area contributed by atoms with Gasteiger partial charge < -0.3 is 102 Å². The number of urea groups is 1. The minimum Gasteiger partial charge on any atom is -0.474 e. The largest absolute Gasteiger partial charge is 0.474 e. The number of ether oxygens (including phenoxy) is 7. The van der Waals surface area contributed by atoms with E-state index in [1.807, 2.05) is 105 Å². The first-order chi connectivity index (χ1) is 42.3. The average molecular weight is 1750 g/mol. The lowest BCUT2D eigenvalue weighted by molar-refractivity contribution is -0.138. The van der Waals surface area contributed by atoms with Gasteiger partial charge in [0.1, 0.15) is 5.78 Å². The molecule has 0 aromatic rings. The Bertz CT molecular complexity index is 1610. The highest BCUT2D eigenvalue weighted by atomic mass is 32.2. The molecule has 8 amide bonds. The molecule has 0 aromatic carbocycles. The molecule has 0 bridgehead atoms. The zero-order valence-corrected chi connectivity index (χ0v) is 71.6. The van der Waals surface area contributed by atoms with E-state index in [4.69, 9.17) is 12.2 Å². The number of methoxy groups -OCH3 is 7. The molecule has 0 saturated carbocycles. The number of amides is 8. The first-order valence-electron chi connectivity index (χ1n) is 26.9. The zero-order chi connectivity index (χ0) is 80.1. The Kier molecular flexibility index (Phi) is 324.